The van der Waals surface area contributed by atoms with Gasteiger partial charge in [-0.1, -0.05) is 6.07 Å². The molecule has 0 aliphatic rings. The van der Waals surface area contributed by atoms with Gasteiger partial charge in [-0.25, -0.2) is 18.7 Å². The van der Waals surface area contributed by atoms with Gasteiger partial charge in [0.05, 0.1) is 23.6 Å². The van der Waals surface area contributed by atoms with Crippen LogP contribution in [0, 0.1) is 18.6 Å². The third-order valence-corrected chi connectivity index (χ3v) is 2.55. The number of rotatable bonds is 3. The van der Waals surface area contributed by atoms with E-state index in [2.05, 4.69) is 15.3 Å². The van der Waals surface area contributed by atoms with Crippen molar-refractivity contribution in [3.63, 3.8) is 0 Å². The quantitative estimate of drug-likeness (QED) is 0.908. The largest absolute Gasteiger partial charge is 0.383 e. The van der Waals surface area contributed by atoms with Crippen LogP contribution >= 0.6 is 0 Å². The molecule has 18 heavy (non-hydrogen) atoms. The molecule has 0 amide bonds. The summed E-state index contributed by atoms with van der Waals surface area (Å²) in [5.74, 6) is -1.59. The van der Waals surface area contributed by atoms with E-state index >= 15 is 0 Å². The topological polar surface area (TPSA) is 37.8 Å². The lowest BCUT2D eigenvalue weighted by molar-refractivity contribution is 0.505. The van der Waals surface area contributed by atoms with Crippen LogP contribution in [0.3, 0.4) is 0 Å². The fourth-order valence-corrected chi connectivity index (χ4v) is 1.58. The first kappa shape index (κ1) is 12.4. The highest BCUT2D eigenvalue weighted by atomic mass is 19.2. The number of hydrogen-bond donors (Lipinski definition) is 1. The van der Waals surface area contributed by atoms with Crippen LogP contribution in [0.15, 0.2) is 24.5 Å². The van der Waals surface area contributed by atoms with Gasteiger partial charge in [0.25, 0.3) is 0 Å². The molecular formula is C13H13F2N3. The molecule has 0 atom stereocenters. The molecule has 2 rings (SSSR count). The molecule has 0 fully saturated rings. The highest BCUT2D eigenvalue weighted by molar-refractivity contribution is 5.57. The van der Waals surface area contributed by atoms with E-state index in [1.54, 1.807) is 12.4 Å². The minimum atomic E-state index is -0.911. The lowest BCUT2D eigenvalue weighted by Crippen LogP contribution is -2.00. The summed E-state index contributed by atoms with van der Waals surface area (Å²) in [5.41, 5.74) is 1.08. The Morgan fingerprint density at radius 1 is 1.11 bits per heavy atom. The van der Waals surface area contributed by atoms with E-state index in [1.807, 2.05) is 6.92 Å². The summed E-state index contributed by atoms with van der Waals surface area (Å²) in [7, 11) is 0. The van der Waals surface area contributed by atoms with E-state index in [0.717, 1.165) is 12.2 Å². The molecule has 1 N–H and O–H groups in total. The van der Waals surface area contributed by atoms with Crippen molar-refractivity contribution < 1.29 is 8.78 Å². The van der Waals surface area contributed by atoms with Crippen molar-refractivity contribution >= 4 is 5.69 Å². The van der Waals surface area contributed by atoms with E-state index in [9.17, 15) is 8.78 Å². The Balaban J connectivity index is 2.40. The minimum Gasteiger partial charge on any atom is -0.383 e. The van der Waals surface area contributed by atoms with Crippen LogP contribution in [0.2, 0.25) is 0 Å². The maximum atomic E-state index is 13.7. The lowest BCUT2D eigenvalue weighted by Gasteiger charge is -2.06. The first-order valence-electron chi connectivity index (χ1n) is 5.64. The Kier molecular flexibility index (Phi) is 3.50. The molecule has 0 saturated carbocycles. The summed E-state index contributed by atoms with van der Waals surface area (Å²) in [6, 6.07) is 2.99. The van der Waals surface area contributed by atoms with E-state index in [4.69, 9.17) is 0 Å². The van der Waals surface area contributed by atoms with Gasteiger partial charge in [0.15, 0.2) is 17.5 Å². The number of aryl methyl sites for hydroxylation is 1. The summed E-state index contributed by atoms with van der Waals surface area (Å²) in [4.78, 5) is 8.04. The minimum absolute atomic E-state index is 0.0705. The molecule has 0 bridgehead atoms. The van der Waals surface area contributed by atoms with Gasteiger partial charge in [0.1, 0.15) is 0 Å². The number of aromatic nitrogens is 2. The highest BCUT2D eigenvalue weighted by Crippen LogP contribution is 2.23. The Morgan fingerprint density at radius 3 is 2.39 bits per heavy atom. The molecule has 1 aromatic heterocycles. The number of anilines is 1. The average molecular weight is 249 g/mol. The van der Waals surface area contributed by atoms with E-state index in [-0.39, 0.29) is 17.0 Å². The van der Waals surface area contributed by atoms with E-state index in [0.29, 0.717) is 0 Å². The average Bonchev–Trinajstić information content (AvgIpc) is 2.38. The maximum absolute atomic E-state index is 13.7. The zero-order valence-electron chi connectivity index (χ0n) is 10.2. The van der Waals surface area contributed by atoms with Crippen molar-refractivity contribution in [1.29, 1.82) is 0 Å². The molecule has 0 aliphatic carbocycles. The molecular weight excluding hydrogens is 236 g/mol. The number of halogens is 2. The first-order valence-corrected chi connectivity index (χ1v) is 5.64. The van der Waals surface area contributed by atoms with Gasteiger partial charge in [-0.15, -0.1) is 0 Å². The SMILES string of the molecule is CCNc1cnc(-c2ccc(C)c(F)c2F)nc1. The maximum Gasteiger partial charge on any atom is 0.170 e. The molecule has 3 nitrogen and oxygen atoms in total. The van der Waals surface area contributed by atoms with Crippen LogP contribution in [0.1, 0.15) is 12.5 Å². The Hall–Kier alpha value is -2.04. The second-order valence-electron chi connectivity index (χ2n) is 3.88. The second kappa shape index (κ2) is 5.08. The first-order chi connectivity index (χ1) is 8.63. The molecule has 0 saturated heterocycles. The zero-order valence-corrected chi connectivity index (χ0v) is 10.2. The summed E-state index contributed by atoms with van der Waals surface area (Å²) in [6.45, 7) is 4.20. The van der Waals surface area contributed by atoms with Crippen molar-refractivity contribution in [2.45, 2.75) is 13.8 Å². The molecule has 1 heterocycles. The fraction of sp³-hybridized carbons (Fsp3) is 0.231. The van der Waals surface area contributed by atoms with Crippen molar-refractivity contribution in [2.75, 3.05) is 11.9 Å². The Labute approximate surface area is 104 Å². The number of nitrogens with zero attached hydrogens (tertiary/aromatic N) is 2. The summed E-state index contributed by atoms with van der Waals surface area (Å²) in [6.07, 6.45) is 3.09. The van der Waals surface area contributed by atoms with Crippen LogP contribution in [-0.2, 0) is 0 Å². The Morgan fingerprint density at radius 2 is 1.78 bits per heavy atom. The summed E-state index contributed by atoms with van der Waals surface area (Å²) in [5, 5.41) is 3.03. The Bertz CT molecular complexity index is 553. The molecule has 2 aromatic rings. The van der Waals surface area contributed by atoms with Crippen LogP contribution in [0.4, 0.5) is 14.5 Å². The summed E-state index contributed by atoms with van der Waals surface area (Å²) < 4.78 is 27.2. The van der Waals surface area contributed by atoms with Gasteiger partial charge in [-0.2, -0.15) is 0 Å². The van der Waals surface area contributed by atoms with Crippen molar-refractivity contribution in [3.05, 3.63) is 41.7 Å². The summed E-state index contributed by atoms with van der Waals surface area (Å²) >= 11 is 0. The zero-order chi connectivity index (χ0) is 13.1. The van der Waals surface area contributed by atoms with Crippen LogP contribution in [-0.4, -0.2) is 16.5 Å². The van der Waals surface area contributed by atoms with Crippen LogP contribution < -0.4 is 5.32 Å². The number of nitrogens with one attached hydrogen (secondary N) is 1. The van der Waals surface area contributed by atoms with Gasteiger partial charge in [-0.05, 0) is 25.5 Å². The third kappa shape index (κ3) is 2.30. The molecule has 0 spiro atoms. The lowest BCUT2D eigenvalue weighted by atomic mass is 10.1. The molecule has 5 heteroatoms. The molecule has 0 aliphatic heterocycles. The van der Waals surface area contributed by atoms with Gasteiger partial charge < -0.3 is 5.32 Å². The smallest absolute Gasteiger partial charge is 0.170 e. The van der Waals surface area contributed by atoms with Crippen LogP contribution in [0.25, 0.3) is 11.4 Å². The van der Waals surface area contributed by atoms with Gasteiger partial charge in [-0.3, -0.25) is 0 Å². The van der Waals surface area contributed by atoms with Crippen molar-refractivity contribution in [1.82, 2.24) is 9.97 Å². The molecule has 1 aromatic carbocycles. The normalized spacial score (nSPS) is 10.4. The molecule has 0 radical (unpaired) electrons. The fourth-order valence-electron chi connectivity index (χ4n) is 1.58. The van der Waals surface area contributed by atoms with Crippen molar-refractivity contribution in [3.8, 4) is 11.4 Å². The van der Waals surface area contributed by atoms with Gasteiger partial charge >= 0.3 is 0 Å². The molecule has 0 unspecified atom stereocenters. The van der Waals surface area contributed by atoms with E-state index in [1.165, 1.54) is 19.1 Å². The monoisotopic (exact) mass is 249 g/mol. The van der Waals surface area contributed by atoms with Gasteiger partial charge in [0, 0.05) is 6.54 Å². The predicted molar refractivity (Wildman–Crippen MR) is 66.3 cm³/mol. The second-order valence-corrected chi connectivity index (χ2v) is 3.88. The molecule has 94 valence electrons. The standard InChI is InChI=1S/C13H13F2N3/c1-3-16-9-6-17-13(18-7-9)10-5-4-8(2)11(14)12(10)15/h4-7,16H,3H2,1-2H3. The van der Waals surface area contributed by atoms with Crippen molar-refractivity contribution in [2.24, 2.45) is 0 Å². The highest BCUT2D eigenvalue weighted by Gasteiger charge is 2.14. The number of benzene rings is 1. The van der Waals surface area contributed by atoms with Gasteiger partial charge in [0.2, 0.25) is 0 Å². The number of hydrogen-bond acceptors (Lipinski definition) is 3. The van der Waals surface area contributed by atoms with E-state index < -0.39 is 11.6 Å². The predicted octanol–water partition coefficient (Wildman–Crippen LogP) is 3.16. The third-order valence-electron chi connectivity index (χ3n) is 2.55. The van der Waals surface area contributed by atoms with Crippen LogP contribution in [0.5, 0.6) is 0 Å².